The molecule has 0 unspecified atom stereocenters. The number of aromatic nitrogens is 4. The van der Waals surface area contributed by atoms with E-state index in [2.05, 4.69) is 36.6 Å². The van der Waals surface area contributed by atoms with E-state index in [9.17, 15) is 27.7 Å². The second kappa shape index (κ2) is 17.4. The fraction of sp³-hybridized carbons (Fsp3) is 0.0789. The SMILES string of the molecule is CN(C)S(=O)(=O)c1cccc(C(=O)Nc2cc(F)cc(Oc3cncnc3)c2)c1.Cc1cccc(C(=O)Nc2cc(C#N)cc(Oc3cncnc3)c2)c1. The molecule has 2 amide bonds. The minimum atomic E-state index is -3.69. The highest BCUT2D eigenvalue weighted by molar-refractivity contribution is 7.89. The number of nitrogens with one attached hydrogen (secondary N) is 2. The predicted molar refractivity (Wildman–Crippen MR) is 196 cm³/mol. The zero-order valence-corrected chi connectivity index (χ0v) is 29.8. The van der Waals surface area contributed by atoms with E-state index < -0.39 is 21.7 Å². The van der Waals surface area contributed by atoms with Crippen molar-refractivity contribution in [2.45, 2.75) is 11.8 Å². The molecule has 2 aromatic heterocycles. The van der Waals surface area contributed by atoms with Crippen LogP contribution in [0.15, 0.2) is 127 Å². The van der Waals surface area contributed by atoms with Crippen molar-refractivity contribution in [3.05, 3.63) is 150 Å². The van der Waals surface area contributed by atoms with Crippen molar-refractivity contribution in [2.75, 3.05) is 24.7 Å². The molecule has 0 radical (unpaired) electrons. The van der Waals surface area contributed by atoms with Gasteiger partial charge in [-0.05, 0) is 55.5 Å². The van der Waals surface area contributed by atoms with Crippen molar-refractivity contribution in [2.24, 2.45) is 0 Å². The number of benzene rings is 4. The molecular formula is C38H31FN8O6S. The van der Waals surface area contributed by atoms with Gasteiger partial charge in [0.05, 0.1) is 41.3 Å². The van der Waals surface area contributed by atoms with Gasteiger partial charge in [0, 0.05) is 54.8 Å². The lowest BCUT2D eigenvalue weighted by Gasteiger charge is -2.13. The number of halogens is 1. The standard InChI is InChI=1S/C19H17FN4O4S.C19H14N4O2/c1-24(2)29(26,27)18-5-3-4-13(6-18)19(25)23-15-7-14(20)8-16(9-15)28-17-10-21-12-22-11-17;1-13-3-2-4-15(5-13)19(24)23-16-6-14(9-20)7-17(8-16)25-18-10-21-12-22-11-18/h3-12H,1-2H3,(H,23,25);2-8,10-12H,1H3,(H,23,24). The summed E-state index contributed by atoms with van der Waals surface area (Å²) in [5.41, 5.74) is 2.62. The van der Waals surface area contributed by atoms with E-state index in [4.69, 9.17) is 9.47 Å². The largest absolute Gasteiger partial charge is 0.454 e. The van der Waals surface area contributed by atoms with Gasteiger partial charge in [0.15, 0.2) is 11.5 Å². The number of amides is 2. The summed E-state index contributed by atoms with van der Waals surface area (Å²) in [7, 11) is -0.898. The van der Waals surface area contributed by atoms with Gasteiger partial charge < -0.3 is 20.1 Å². The van der Waals surface area contributed by atoms with Gasteiger partial charge in [0.1, 0.15) is 30.0 Å². The van der Waals surface area contributed by atoms with Crippen LogP contribution in [0.1, 0.15) is 31.8 Å². The molecule has 0 saturated carbocycles. The maximum Gasteiger partial charge on any atom is 0.255 e. The summed E-state index contributed by atoms with van der Waals surface area (Å²) in [6.07, 6.45) is 8.56. The Morgan fingerprint density at radius 3 is 1.76 bits per heavy atom. The van der Waals surface area contributed by atoms with Crippen LogP contribution in [-0.4, -0.2) is 58.6 Å². The molecule has 14 nitrogen and oxygen atoms in total. The van der Waals surface area contributed by atoms with Gasteiger partial charge in [-0.1, -0.05) is 23.8 Å². The van der Waals surface area contributed by atoms with Crippen molar-refractivity contribution < 1.29 is 31.9 Å². The van der Waals surface area contributed by atoms with Crippen LogP contribution in [0.4, 0.5) is 15.8 Å². The lowest BCUT2D eigenvalue weighted by atomic mass is 10.1. The first kappa shape index (κ1) is 38.1. The number of aryl methyl sites for hydroxylation is 1. The minimum Gasteiger partial charge on any atom is -0.454 e. The molecule has 0 atom stereocenters. The summed E-state index contributed by atoms with van der Waals surface area (Å²) < 4.78 is 50.6. The molecule has 0 aliphatic carbocycles. The van der Waals surface area contributed by atoms with Gasteiger partial charge in [-0.15, -0.1) is 0 Å². The van der Waals surface area contributed by atoms with Crippen LogP contribution < -0.4 is 20.1 Å². The van der Waals surface area contributed by atoms with Crippen LogP contribution in [-0.2, 0) is 10.0 Å². The molecule has 0 saturated heterocycles. The minimum absolute atomic E-state index is 0.0255. The quantitative estimate of drug-likeness (QED) is 0.153. The van der Waals surface area contributed by atoms with Gasteiger partial charge >= 0.3 is 0 Å². The maximum atomic E-state index is 13.9. The zero-order valence-electron chi connectivity index (χ0n) is 29.0. The number of rotatable bonds is 10. The predicted octanol–water partition coefficient (Wildman–Crippen LogP) is 6.61. The second-order valence-electron chi connectivity index (χ2n) is 11.5. The molecular weight excluding hydrogens is 716 g/mol. The van der Waals surface area contributed by atoms with Crippen LogP contribution in [0, 0.1) is 24.1 Å². The Morgan fingerprint density at radius 1 is 0.704 bits per heavy atom. The fourth-order valence-corrected chi connectivity index (χ4v) is 5.59. The van der Waals surface area contributed by atoms with Gasteiger partial charge in [-0.25, -0.2) is 37.0 Å². The molecule has 54 heavy (non-hydrogen) atoms. The first-order chi connectivity index (χ1) is 25.9. The summed E-state index contributed by atoms with van der Waals surface area (Å²) in [6.45, 7) is 1.92. The third kappa shape index (κ3) is 10.5. The van der Waals surface area contributed by atoms with E-state index in [1.54, 1.807) is 30.3 Å². The number of sulfonamides is 1. The van der Waals surface area contributed by atoms with Gasteiger partial charge in [-0.2, -0.15) is 5.26 Å². The van der Waals surface area contributed by atoms with E-state index in [0.717, 1.165) is 22.0 Å². The average Bonchev–Trinajstić information content (AvgIpc) is 3.15. The second-order valence-corrected chi connectivity index (χ2v) is 13.6. The number of nitriles is 1. The Labute approximate surface area is 310 Å². The summed E-state index contributed by atoms with van der Waals surface area (Å²) in [6, 6.07) is 23.4. The molecule has 4 aromatic carbocycles. The zero-order chi connectivity index (χ0) is 38.7. The maximum absolute atomic E-state index is 13.9. The Kier molecular flexibility index (Phi) is 12.3. The van der Waals surface area contributed by atoms with Gasteiger partial charge in [0.2, 0.25) is 10.0 Å². The monoisotopic (exact) mass is 746 g/mol. The van der Waals surface area contributed by atoms with Crippen LogP contribution in [0.5, 0.6) is 23.0 Å². The topological polar surface area (TPSA) is 189 Å². The van der Waals surface area contributed by atoms with Crippen molar-refractivity contribution in [3.8, 4) is 29.1 Å². The third-order valence-corrected chi connectivity index (χ3v) is 8.93. The van der Waals surface area contributed by atoms with Crippen molar-refractivity contribution >= 4 is 33.2 Å². The first-order valence-corrected chi connectivity index (χ1v) is 17.3. The summed E-state index contributed by atoms with van der Waals surface area (Å²) in [4.78, 5) is 40.2. The normalized spacial score (nSPS) is 10.7. The Morgan fingerprint density at radius 2 is 1.22 bits per heavy atom. The average molecular weight is 747 g/mol. The molecule has 0 bridgehead atoms. The number of carbonyl (C=O) groups is 2. The highest BCUT2D eigenvalue weighted by atomic mass is 32.2. The third-order valence-electron chi connectivity index (χ3n) is 7.12. The van der Waals surface area contributed by atoms with Crippen molar-refractivity contribution in [3.63, 3.8) is 0 Å². The molecule has 6 aromatic rings. The molecule has 2 N–H and O–H groups in total. The van der Waals surface area contributed by atoms with Crippen LogP contribution >= 0.6 is 0 Å². The molecule has 6 rings (SSSR count). The molecule has 0 aliphatic rings. The molecule has 0 fully saturated rings. The number of ether oxygens (including phenoxy) is 2. The van der Waals surface area contributed by atoms with Gasteiger partial charge in [-0.3, -0.25) is 9.59 Å². The highest BCUT2D eigenvalue weighted by Gasteiger charge is 2.19. The van der Waals surface area contributed by atoms with E-state index in [-0.39, 0.29) is 27.8 Å². The van der Waals surface area contributed by atoms with E-state index in [0.29, 0.717) is 34.1 Å². The molecule has 2 heterocycles. The van der Waals surface area contributed by atoms with Crippen LogP contribution in [0.25, 0.3) is 0 Å². The van der Waals surface area contributed by atoms with Gasteiger partial charge in [0.25, 0.3) is 11.8 Å². The van der Waals surface area contributed by atoms with Crippen LogP contribution in [0.3, 0.4) is 0 Å². The number of carbonyl (C=O) groups excluding carboxylic acids is 2. The number of anilines is 2. The molecule has 0 spiro atoms. The lowest BCUT2D eigenvalue weighted by Crippen LogP contribution is -2.22. The first-order valence-electron chi connectivity index (χ1n) is 15.8. The summed E-state index contributed by atoms with van der Waals surface area (Å²) in [5.74, 6) is -0.190. The summed E-state index contributed by atoms with van der Waals surface area (Å²) >= 11 is 0. The lowest BCUT2D eigenvalue weighted by molar-refractivity contribution is 0.101. The van der Waals surface area contributed by atoms with E-state index >= 15 is 0 Å². The molecule has 272 valence electrons. The Balaban J connectivity index is 0.000000210. The number of hydrogen-bond donors (Lipinski definition) is 2. The number of nitrogens with zero attached hydrogens (tertiary/aromatic N) is 6. The van der Waals surface area contributed by atoms with Crippen molar-refractivity contribution in [1.29, 1.82) is 5.26 Å². The van der Waals surface area contributed by atoms with E-state index in [1.807, 2.05) is 19.1 Å². The van der Waals surface area contributed by atoms with Crippen molar-refractivity contribution in [1.82, 2.24) is 24.2 Å². The summed E-state index contributed by atoms with van der Waals surface area (Å²) in [5, 5.41) is 14.5. The molecule has 16 heteroatoms. The van der Waals surface area contributed by atoms with E-state index in [1.165, 1.54) is 81.9 Å². The number of hydrogen-bond acceptors (Lipinski definition) is 11. The fourth-order valence-electron chi connectivity index (χ4n) is 4.64. The highest BCUT2D eigenvalue weighted by Crippen LogP contribution is 2.27. The smallest absolute Gasteiger partial charge is 0.255 e. The molecule has 0 aliphatic heterocycles. The Hall–Kier alpha value is -7.09. The van der Waals surface area contributed by atoms with Crippen LogP contribution in [0.2, 0.25) is 0 Å². The Bertz CT molecular complexity index is 2430.